The molecule has 2 aliphatic heterocycles. The molecule has 2 saturated heterocycles. The molecule has 0 aliphatic carbocycles. The van der Waals surface area contributed by atoms with Gasteiger partial charge in [0.2, 0.25) is 0 Å². The van der Waals surface area contributed by atoms with Crippen LogP contribution in [-0.2, 0) is 65.9 Å². The highest BCUT2D eigenvalue weighted by Gasteiger charge is 2.53. The summed E-state index contributed by atoms with van der Waals surface area (Å²) in [5, 5.41) is 16.8. The monoisotopic (exact) mass is 682 g/mol. The third-order valence-corrected chi connectivity index (χ3v) is 7.06. The number of carbonyl (C=O) groups excluding carboxylic acids is 4. The first kappa shape index (κ1) is 38.6. The lowest BCUT2D eigenvalue weighted by molar-refractivity contribution is -0.273. The van der Waals surface area contributed by atoms with Gasteiger partial charge in [-0.2, -0.15) is 0 Å². The van der Waals surface area contributed by atoms with Gasteiger partial charge in [0.1, 0.15) is 24.3 Å². The molecule has 2 heterocycles. The quantitative estimate of drug-likeness (QED) is 0.0609. The summed E-state index contributed by atoms with van der Waals surface area (Å²) in [5.41, 5.74) is 18.3. The molecule has 0 saturated carbocycles. The summed E-state index contributed by atoms with van der Waals surface area (Å²) in [7, 11) is -5.30. The molecule has 46 heavy (non-hydrogen) atoms. The second kappa shape index (κ2) is 18.0. The van der Waals surface area contributed by atoms with Gasteiger partial charge < -0.3 is 43.2 Å². The van der Waals surface area contributed by atoms with E-state index in [0.29, 0.717) is 6.42 Å². The van der Waals surface area contributed by atoms with Crippen LogP contribution in [0.3, 0.4) is 0 Å². The Bertz CT molecular complexity index is 1240. The predicted molar refractivity (Wildman–Crippen MR) is 146 cm³/mol. The lowest BCUT2D eigenvalue weighted by Crippen LogP contribution is -2.61. The summed E-state index contributed by atoms with van der Waals surface area (Å²) >= 11 is 0. The number of hydrogen-bond acceptors (Lipinski definition) is 17. The fraction of sp³-hybridized carbons (Fsp3) is 0.826. The van der Waals surface area contributed by atoms with Crippen LogP contribution in [-0.4, -0.2) is 115 Å². The molecule has 0 aromatic carbocycles. The summed E-state index contributed by atoms with van der Waals surface area (Å²) in [6.07, 6.45) is -12.2. The van der Waals surface area contributed by atoms with Crippen molar-refractivity contribution >= 4 is 31.7 Å². The molecule has 5 unspecified atom stereocenters. The molecule has 22 nitrogen and oxygen atoms in total. The molecule has 2 rings (SSSR count). The Morgan fingerprint density at radius 2 is 1.22 bits per heavy atom. The molecule has 258 valence electrons. The third-order valence-electron chi connectivity index (χ3n) is 6.11. The average molecular weight is 683 g/mol. The van der Waals surface area contributed by atoms with Crippen LogP contribution in [0.15, 0.2) is 10.2 Å². The normalized spacial score (nSPS) is 32.0. The van der Waals surface area contributed by atoms with Crippen LogP contribution < -0.4 is 0 Å². The highest BCUT2D eigenvalue weighted by molar-refractivity contribution is 7.47. The van der Waals surface area contributed by atoms with Crippen molar-refractivity contribution in [1.29, 1.82) is 0 Å². The van der Waals surface area contributed by atoms with Crippen LogP contribution in [0.4, 0.5) is 0 Å². The topological polar surface area (TPSA) is 306 Å². The standard InChI is InChI=1S/C23H35N6O16P/c1-6-7-37-22-16(26-28-24)20(41-12(4)33)19(40-11(3)32)15(44-22)9-38-46(35,36)45-23-17(27-29-25)21(42-13(5)34)18(39-10(2)31)14(8-30)43-23/h14-23,30H,6-9H2,1-5H3,(H,35,36)/t14?,15?,16?,17?,18-,19-,20-,21-,22+,23-/m1/s1. The summed E-state index contributed by atoms with van der Waals surface area (Å²) in [5.74, 6) is -3.58. The van der Waals surface area contributed by atoms with Gasteiger partial charge in [0.15, 0.2) is 37.0 Å². The lowest BCUT2D eigenvalue weighted by atomic mass is 9.97. The van der Waals surface area contributed by atoms with Crippen LogP contribution >= 0.6 is 7.82 Å². The molecular weight excluding hydrogens is 647 g/mol. The van der Waals surface area contributed by atoms with Crippen molar-refractivity contribution in [2.45, 2.75) is 102 Å². The summed E-state index contributed by atoms with van der Waals surface area (Å²) < 4.78 is 60.9. The number of aliphatic hydroxyl groups excluding tert-OH is 1. The minimum absolute atomic E-state index is 0.0754. The second-order valence-corrected chi connectivity index (χ2v) is 11.1. The van der Waals surface area contributed by atoms with Crippen molar-refractivity contribution in [3.05, 3.63) is 20.9 Å². The molecule has 0 aromatic heterocycles. The van der Waals surface area contributed by atoms with E-state index in [0.717, 1.165) is 27.7 Å². The minimum atomic E-state index is -5.30. The molecule has 23 heteroatoms. The van der Waals surface area contributed by atoms with E-state index >= 15 is 0 Å². The van der Waals surface area contributed by atoms with Gasteiger partial charge in [-0.25, -0.2) is 4.57 Å². The van der Waals surface area contributed by atoms with E-state index in [2.05, 4.69) is 20.1 Å². The van der Waals surface area contributed by atoms with Crippen molar-refractivity contribution in [1.82, 2.24) is 0 Å². The van der Waals surface area contributed by atoms with E-state index in [-0.39, 0.29) is 6.61 Å². The van der Waals surface area contributed by atoms with Crippen LogP contribution in [0.2, 0.25) is 0 Å². The van der Waals surface area contributed by atoms with Gasteiger partial charge >= 0.3 is 31.7 Å². The van der Waals surface area contributed by atoms with Gasteiger partial charge in [-0.1, -0.05) is 17.2 Å². The van der Waals surface area contributed by atoms with E-state index in [1.807, 2.05) is 0 Å². The smallest absolute Gasteiger partial charge is 0.458 e. The fourth-order valence-electron chi connectivity index (χ4n) is 4.54. The SMILES string of the molecule is CCCO[C@H]1OC(COP(=O)(O)O[C@H]2OC(CO)[C@@H](OC(C)=O)[C@H](OC(C)=O)C2N=[N+]=[N-])[C@@H](OC(C)=O)[C@H](OC(C)=O)C1N=[N+]=[N-]. The molecule has 0 spiro atoms. The van der Waals surface area contributed by atoms with Crippen molar-refractivity contribution < 1.29 is 75.9 Å². The first-order valence-corrected chi connectivity index (χ1v) is 15.1. The van der Waals surface area contributed by atoms with Crippen molar-refractivity contribution in [3.8, 4) is 0 Å². The summed E-state index contributed by atoms with van der Waals surface area (Å²) in [4.78, 5) is 63.4. The Labute approximate surface area is 261 Å². The van der Waals surface area contributed by atoms with E-state index in [9.17, 15) is 33.7 Å². The van der Waals surface area contributed by atoms with E-state index in [1.54, 1.807) is 6.92 Å². The van der Waals surface area contributed by atoms with E-state index < -0.39 is 106 Å². The number of rotatable bonds is 15. The van der Waals surface area contributed by atoms with Gasteiger partial charge in [0.05, 0.1) is 13.2 Å². The maximum atomic E-state index is 13.2. The Morgan fingerprint density at radius 3 is 1.65 bits per heavy atom. The van der Waals surface area contributed by atoms with Crippen molar-refractivity contribution in [3.63, 3.8) is 0 Å². The number of ether oxygens (including phenoxy) is 7. The molecule has 2 aliphatic rings. The number of aliphatic hydroxyl groups is 1. The number of phosphoric acid groups is 1. The first-order valence-electron chi connectivity index (χ1n) is 13.6. The number of carbonyl (C=O) groups is 4. The molecule has 0 radical (unpaired) electrons. The van der Waals surface area contributed by atoms with Crippen LogP contribution in [0.1, 0.15) is 41.0 Å². The third kappa shape index (κ3) is 11.1. The molecule has 0 bridgehead atoms. The van der Waals surface area contributed by atoms with Crippen molar-refractivity contribution in [2.24, 2.45) is 10.2 Å². The Hall–Kier alpha value is -3.55. The average Bonchev–Trinajstić information content (AvgIpc) is 2.95. The Morgan fingerprint density at radius 1 is 0.783 bits per heavy atom. The van der Waals surface area contributed by atoms with E-state index in [1.165, 1.54) is 0 Å². The van der Waals surface area contributed by atoms with Gasteiger partial charge in [-0.15, -0.1) is 0 Å². The largest absolute Gasteiger partial charge is 0.474 e. The Kier molecular flexibility index (Phi) is 15.1. The number of nitrogens with zero attached hydrogens (tertiary/aromatic N) is 6. The molecule has 0 aromatic rings. The molecule has 2 fully saturated rings. The first-order chi connectivity index (χ1) is 21.7. The van der Waals surface area contributed by atoms with Crippen LogP contribution in [0.25, 0.3) is 20.9 Å². The lowest BCUT2D eigenvalue weighted by Gasteiger charge is -2.44. The summed E-state index contributed by atoms with van der Waals surface area (Å²) in [6.45, 7) is 4.09. The zero-order chi connectivity index (χ0) is 34.6. The van der Waals surface area contributed by atoms with Gasteiger partial charge in [-0.05, 0) is 17.5 Å². The Balaban J connectivity index is 2.40. The maximum absolute atomic E-state index is 13.2. The molecule has 2 N–H and O–H groups in total. The highest BCUT2D eigenvalue weighted by Crippen LogP contribution is 2.48. The molecule has 11 atom stereocenters. The molecular formula is C23H35N6O16P. The van der Waals surface area contributed by atoms with Crippen LogP contribution in [0.5, 0.6) is 0 Å². The fourth-order valence-corrected chi connectivity index (χ4v) is 5.37. The van der Waals surface area contributed by atoms with E-state index in [4.69, 9.17) is 53.3 Å². The number of esters is 4. The van der Waals surface area contributed by atoms with Crippen LogP contribution in [0, 0.1) is 0 Å². The van der Waals surface area contributed by atoms with Gasteiger partial charge in [-0.3, -0.25) is 28.2 Å². The number of phosphoric ester groups is 1. The zero-order valence-electron chi connectivity index (χ0n) is 25.3. The zero-order valence-corrected chi connectivity index (χ0v) is 26.2. The number of hydrogen-bond donors (Lipinski definition) is 2. The second-order valence-electron chi connectivity index (χ2n) is 9.70. The maximum Gasteiger partial charge on any atom is 0.474 e. The summed E-state index contributed by atoms with van der Waals surface area (Å²) in [6, 6.07) is -3.12. The van der Waals surface area contributed by atoms with Crippen molar-refractivity contribution in [2.75, 3.05) is 19.8 Å². The molecule has 0 amide bonds. The number of azide groups is 2. The minimum Gasteiger partial charge on any atom is -0.458 e. The van der Waals surface area contributed by atoms with Gasteiger partial charge in [0.25, 0.3) is 0 Å². The predicted octanol–water partition coefficient (Wildman–Crippen LogP) is 1.07. The highest BCUT2D eigenvalue weighted by atomic mass is 31.2. The van der Waals surface area contributed by atoms with Gasteiger partial charge in [0, 0.05) is 44.1 Å².